The lowest BCUT2D eigenvalue weighted by Gasteiger charge is -2.26. The molecule has 5 heteroatoms. The Labute approximate surface area is 113 Å². The van der Waals surface area contributed by atoms with Crippen LogP contribution >= 0.6 is 12.2 Å². The molecule has 2 fully saturated rings. The van der Waals surface area contributed by atoms with Gasteiger partial charge < -0.3 is 4.90 Å². The van der Waals surface area contributed by atoms with Gasteiger partial charge in [0.25, 0.3) is 0 Å². The maximum Gasteiger partial charge on any atom is 0.225 e. The summed E-state index contributed by atoms with van der Waals surface area (Å²) in [4.78, 5) is 2.39. The highest BCUT2D eigenvalue weighted by Gasteiger charge is 2.26. The molecule has 4 nitrogen and oxygen atoms in total. The first-order valence-corrected chi connectivity index (χ1v) is 7.58. The summed E-state index contributed by atoms with van der Waals surface area (Å²) in [5.41, 5.74) is 0. The fourth-order valence-electron chi connectivity index (χ4n) is 3.30. The van der Waals surface area contributed by atoms with Gasteiger partial charge >= 0.3 is 0 Å². The maximum atomic E-state index is 5.44. The molecule has 2 heterocycles. The predicted octanol–water partition coefficient (Wildman–Crippen LogP) is 3.29. The van der Waals surface area contributed by atoms with E-state index in [9.17, 15) is 0 Å². The molecule has 1 saturated heterocycles. The second-order valence-electron chi connectivity index (χ2n) is 5.83. The highest BCUT2D eigenvalue weighted by Crippen LogP contribution is 2.32. The van der Waals surface area contributed by atoms with E-state index < -0.39 is 0 Å². The molecule has 2 aliphatic rings. The molecule has 1 aromatic heterocycles. The van der Waals surface area contributed by atoms with E-state index in [0.29, 0.717) is 6.04 Å². The molecule has 1 aliphatic heterocycles. The average molecular weight is 266 g/mol. The average Bonchev–Trinajstić information content (AvgIpc) is 2.96. The van der Waals surface area contributed by atoms with Gasteiger partial charge in [0.2, 0.25) is 5.95 Å². The number of aromatic amines is 1. The topological polar surface area (TPSA) is 36.9 Å². The summed E-state index contributed by atoms with van der Waals surface area (Å²) in [7, 11) is 0. The Morgan fingerprint density at radius 1 is 1.22 bits per heavy atom. The van der Waals surface area contributed by atoms with Gasteiger partial charge in [0.1, 0.15) is 0 Å². The minimum absolute atomic E-state index is 0.566. The minimum Gasteiger partial charge on any atom is -0.341 e. The van der Waals surface area contributed by atoms with E-state index in [1.165, 1.54) is 38.5 Å². The van der Waals surface area contributed by atoms with Crippen LogP contribution in [-0.4, -0.2) is 27.9 Å². The van der Waals surface area contributed by atoms with Gasteiger partial charge in [-0.3, -0.25) is 4.57 Å². The number of H-pyrrole nitrogens is 1. The lowest BCUT2D eigenvalue weighted by molar-refractivity contribution is 0.350. The molecular formula is C13H22N4S. The molecule has 1 saturated carbocycles. The van der Waals surface area contributed by atoms with Crippen molar-refractivity contribution in [3.8, 4) is 0 Å². The SMILES string of the molecule is CC1CCN(c2n[nH]c(=S)n2C2CCCCC2)C1. The summed E-state index contributed by atoms with van der Waals surface area (Å²) in [5, 5.41) is 7.48. The number of nitrogens with zero attached hydrogens (tertiary/aromatic N) is 3. The smallest absolute Gasteiger partial charge is 0.225 e. The largest absolute Gasteiger partial charge is 0.341 e. The summed E-state index contributed by atoms with van der Waals surface area (Å²) in [6.07, 6.45) is 7.80. The van der Waals surface area contributed by atoms with Crippen molar-refractivity contribution in [3.63, 3.8) is 0 Å². The Balaban J connectivity index is 1.88. The Morgan fingerprint density at radius 2 is 2.00 bits per heavy atom. The maximum absolute atomic E-state index is 5.44. The highest BCUT2D eigenvalue weighted by atomic mass is 32.1. The lowest BCUT2D eigenvalue weighted by Crippen LogP contribution is -2.25. The van der Waals surface area contributed by atoms with Gasteiger partial charge in [-0.25, -0.2) is 5.10 Å². The Morgan fingerprint density at radius 3 is 2.67 bits per heavy atom. The van der Waals surface area contributed by atoms with Crippen LogP contribution in [0.5, 0.6) is 0 Å². The summed E-state index contributed by atoms with van der Waals surface area (Å²) in [5.74, 6) is 1.85. The van der Waals surface area contributed by atoms with Crippen LogP contribution in [0.2, 0.25) is 0 Å². The van der Waals surface area contributed by atoms with E-state index in [2.05, 4.69) is 26.6 Å². The first-order valence-electron chi connectivity index (χ1n) is 7.17. The fourth-order valence-corrected chi connectivity index (χ4v) is 3.58. The van der Waals surface area contributed by atoms with Crippen LogP contribution in [0.4, 0.5) is 5.95 Å². The second kappa shape index (κ2) is 5.03. The number of anilines is 1. The van der Waals surface area contributed by atoms with Crippen molar-refractivity contribution in [1.82, 2.24) is 14.8 Å². The standard InChI is InChI=1S/C13H22N4S/c1-10-7-8-16(9-10)12-14-15-13(18)17(12)11-5-3-2-4-6-11/h10-11H,2-9H2,1H3,(H,15,18). The van der Waals surface area contributed by atoms with Crippen LogP contribution in [0.25, 0.3) is 0 Å². The summed E-state index contributed by atoms with van der Waals surface area (Å²) >= 11 is 5.44. The Kier molecular flexibility index (Phi) is 3.41. The number of hydrogen-bond donors (Lipinski definition) is 1. The van der Waals surface area contributed by atoms with Crippen molar-refractivity contribution in [3.05, 3.63) is 4.77 Å². The molecule has 0 bridgehead atoms. The molecule has 1 aliphatic carbocycles. The molecule has 3 rings (SSSR count). The van der Waals surface area contributed by atoms with Crippen LogP contribution in [-0.2, 0) is 0 Å². The predicted molar refractivity (Wildman–Crippen MR) is 75.5 cm³/mol. The first-order chi connectivity index (χ1) is 8.75. The third-order valence-electron chi connectivity index (χ3n) is 4.33. The number of rotatable bonds is 2. The van der Waals surface area contributed by atoms with Crippen molar-refractivity contribution in [2.24, 2.45) is 5.92 Å². The first kappa shape index (κ1) is 12.2. The van der Waals surface area contributed by atoms with Crippen molar-refractivity contribution < 1.29 is 0 Å². The normalized spacial score (nSPS) is 25.8. The van der Waals surface area contributed by atoms with E-state index in [-0.39, 0.29) is 0 Å². The zero-order valence-corrected chi connectivity index (χ0v) is 11.9. The van der Waals surface area contributed by atoms with E-state index in [1.54, 1.807) is 0 Å². The van der Waals surface area contributed by atoms with Gasteiger partial charge in [0.05, 0.1) is 0 Å². The molecule has 1 atom stereocenters. The van der Waals surface area contributed by atoms with Gasteiger partial charge in [-0.15, -0.1) is 5.10 Å². The highest BCUT2D eigenvalue weighted by molar-refractivity contribution is 7.71. The van der Waals surface area contributed by atoms with Crippen molar-refractivity contribution in [2.45, 2.75) is 51.5 Å². The van der Waals surface area contributed by atoms with Gasteiger partial charge in [0, 0.05) is 19.1 Å². The van der Waals surface area contributed by atoms with Crippen LogP contribution in [0, 0.1) is 10.7 Å². The van der Waals surface area contributed by atoms with E-state index >= 15 is 0 Å². The molecular weight excluding hydrogens is 244 g/mol. The molecule has 1 unspecified atom stereocenters. The quantitative estimate of drug-likeness (QED) is 0.835. The molecule has 0 spiro atoms. The van der Waals surface area contributed by atoms with Gasteiger partial charge in [-0.05, 0) is 37.4 Å². The fraction of sp³-hybridized carbons (Fsp3) is 0.846. The van der Waals surface area contributed by atoms with Crippen LogP contribution in [0.1, 0.15) is 51.5 Å². The number of nitrogens with one attached hydrogen (secondary N) is 1. The van der Waals surface area contributed by atoms with Crippen molar-refractivity contribution in [2.75, 3.05) is 18.0 Å². The third-order valence-corrected chi connectivity index (χ3v) is 4.62. The number of aromatic nitrogens is 3. The van der Waals surface area contributed by atoms with Crippen molar-refractivity contribution >= 4 is 18.2 Å². The monoisotopic (exact) mass is 266 g/mol. The molecule has 1 N–H and O–H groups in total. The van der Waals surface area contributed by atoms with Crippen LogP contribution in [0.3, 0.4) is 0 Å². The third kappa shape index (κ3) is 2.20. The molecule has 0 amide bonds. The molecule has 1 aromatic rings. The van der Waals surface area contributed by atoms with Crippen molar-refractivity contribution in [1.29, 1.82) is 0 Å². The molecule has 0 aromatic carbocycles. The number of hydrogen-bond acceptors (Lipinski definition) is 3. The minimum atomic E-state index is 0.566. The summed E-state index contributed by atoms with van der Waals surface area (Å²) < 4.78 is 3.09. The second-order valence-corrected chi connectivity index (χ2v) is 6.22. The van der Waals surface area contributed by atoms with Crippen LogP contribution in [0.15, 0.2) is 0 Å². The zero-order valence-electron chi connectivity index (χ0n) is 11.1. The Bertz CT molecular complexity index is 458. The molecule has 18 heavy (non-hydrogen) atoms. The van der Waals surface area contributed by atoms with E-state index in [4.69, 9.17) is 12.2 Å². The van der Waals surface area contributed by atoms with E-state index in [1.807, 2.05) is 0 Å². The van der Waals surface area contributed by atoms with Gasteiger partial charge in [-0.2, -0.15) is 0 Å². The van der Waals surface area contributed by atoms with E-state index in [0.717, 1.165) is 29.7 Å². The van der Waals surface area contributed by atoms with Gasteiger partial charge in [0.15, 0.2) is 4.77 Å². The van der Waals surface area contributed by atoms with Crippen LogP contribution < -0.4 is 4.90 Å². The lowest BCUT2D eigenvalue weighted by atomic mass is 9.95. The zero-order chi connectivity index (χ0) is 12.5. The van der Waals surface area contributed by atoms with Gasteiger partial charge in [-0.1, -0.05) is 26.2 Å². The summed E-state index contributed by atoms with van der Waals surface area (Å²) in [6.45, 7) is 4.55. The molecule has 100 valence electrons. The summed E-state index contributed by atoms with van der Waals surface area (Å²) in [6, 6.07) is 0.566. The Hall–Kier alpha value is -0.840. The molecule has 0 radical (unpaired) electrons.